The molecule has 0 spiro atoms. The minimum absolute atomic E-state index is 0.944. The first-order chi connectivity index (χ1) is 7.25. The van der Waals surface area contributed by atoms with Crippen LogP contribution in [0.1, 0.15) is 12.5 Å². The van der Waals surface area contributed by atoms with Gasteiger partial charge in [-0.2, -0.15) is 0 Å². The summed E-state index contributed by atoms with van der Waals surface area (Å²) in [4.78, 5) is 1.27. The molecule has 1 aromatic carbocycles. The van der Waals surface area contributed by atoms with Crippen molar-refractivity contribution >= 4 is 42.9 Å². The van der Waals surface area contributed by atoms with E-state index in [2.05, 4.69) is 37.3 Å². The molecular formula is C12H10S3. The number of benzene rings is 1. The quantitative estimate of drug-likeness (QED) is 0.524. The maximum atomic E-state index is 5.20. The lowest BCUT2D eigenvalue weighted by Crippen LogP contribution is -1.77. The molecule has 1 heterocycles. The molecule has 1 aromatic rings. The Morgan fingerprint density at radius 2 is 1.73 bits per heavy atom. The number of allylic oxidation sites excluding steroid dienone is 2. The second kappa shape index (κ2) is 5.01. The van der Waals surface area contributed by atoms with Crippen LogP contribution in [0.25, 0.3) is 4.91 Å². The lowest BCUT2D eigenvalue weighted by Gasteiger charge is -2.03. The summed E-state index contributed by atoms with van der Waals surface area (Å²) >= 11 is 5.20. The molecule has 0 aliphatic carbocycles. The predicted octanol–water partition coefficient (Wildman–Crippen LogP) is 4.70. The molecule has 1 aliphatic rings. The summed E-state index contributed by atoms with van der Waals surface area (Å²) in [5.41, 5.74) is 2.48. The molecule has 0 saturated heterocycles. The van der Waals surface area contributed by atoms with Crippen molar-refractivity contribution in [1.82, 2.24) is 0 Å². The van der Waals surface area contributed by atoms with E-state index in [9.17, 15) is 0 Å². The third-order valence-corrected chi connectivity index (χ3v) is 4.89. The van der Waals surface area contributed by atoms with E-state index in [1.165, 1.54) is 16.0 Å². The van der Waals surface area contributed by atoms with Gasteiger partial charge in [0.1, 0.15) is 0 Å². The number of hydrogen-bond acceptors (Lipinski definition) is 3. The lowest BCUT2D eigenvalue weighted by molar-refractivity contribution is 1.55. The average Bonchev–Trinajstić information content (AvgIpc) is 2.41. The van der Waals surface area contributed by atoms with E-state index < -0.39 is 0 Å². The Morgan fingerprint density at radius 1 is 1.00 bits per heavy atom. The van der Waals surface area contributed by atoms with Crippen molar-refractivity contribution in [2.75, 3.05) is 0 Å². The van der Waals surface area contributed by atoms with Crippen LogP contribution in [0.2, 0.25) is 0 Å². The van der Waals surface area contributed by atoms with Gasteiger partial charge < -0.3 is 0 Å². The fraction of sp³-hybridized carbons (Fsp3) is 0.0833. The number of rotatable bonds is 1. The Labute approximate surface area is 103 Å². The fourth-order valence-corrected chi connectivity index (χ4v) is 3.76. The van der Waals surface area contributed by atoms with E-state index >= 15 is 0 Å². The smallest absolute Gasteiger partial charge is 0.0716 e. The van der Waals surface area contributed by atoms with Crippen LogP contribution in [0.15, 0.2) is 48.1 Å². The van der Waals surface area contributed by atoms with Gasteiger partial charge in [-0.15, -0.1) is 0 Å². The largest absolute Gasteiger partial charge is 0.0819 e. The van der Waals surface area contributed by atoms with E-state index in [-0.39, 0.29) is 0 Å². The Balaban J connectivity index is 2.32. The molecule has 15 heavy (non-hydrogen) atoms. The van der Waals surface area contributed by atoms with Crippen molar-refractivity contribution < 1.29 is 0 Å². The highest BCUT2D eigenvalue weighted by molar-refractivity contribution is 8.86. The molecule has 0 bridgehead atoms. The van der Waals surface area contributed by atoms with Gasteiger partial charge >= 0.3 is 0 Å². The van der Waals surface area contributed by atoms with Gasteiger partial charge in [0.15, 0.2) is 0 Å². The molecule has 0 saturated carbocycles. The standard InChI is InChI=1S/C12H10S3/c1-9-7-11(14-15-12(13)8-9)10-5-3-2-4-6-10/h2-8H,1H3. The first kappa shape index (κ1) is 11.0. The fourth-order valence-electron chi connectivity index (χ4n) is 1.30. The van der Waals surface area contributed by atoms with Crippen molar-refractivity contribution in [2.45, 2.75) is 6.92 Å². The van der Waals surface area contributed by atoms with Gasteiger partial charge in [0.25, 0.3) is 0 Å². The minimum Gasteiger partial charge on any atom is -0.0716 e. The Hall–Kier alpha value is -0.510. The van der Waals surface area contributed by atoms with Crippen molar-refractivity contribution in [3.63, 3.8) is 0 Å². The van der Waals surface area contributed by atoms with E-state index in [1.807, 2.05) is 12.1 Å². The van der Waals surface area contributed by atoms with Crippen LogP contribution in [-0.2, 0) is 0 Å². The summed E-state index contributed by atoms with van der Waals surface area (Å²) in [6.45, 7) is 2.08. The minimum atomic E-state index is 0.944. The highest BCUT2D eigenvalue weighted by Gasteiger charge is 2.08. The van der Waals surface area contributed by atoms with Crippen molar-refractivity contribution in [1.29, 1.82) is 0 Å². The highest BCUT2D eigenvalue weighted by atomic mass is 33.1. The van der Waals surface area contributed by atoms with E-state index in [0.717, 1.165) is 4.20 Å². The topological polar surface area (TPSA) is 0 Å². The van der Waals surface area contributed by atoms with E-state index in [1.54, 1.807) is 21.6 Å². The molecule has 76 valence electrons. The average molecular weight is 250 g/mol. The maximum absolute atomic E-state index is 5.20. The number of thiocarbonyl (C=S) groups is 1. The van der Waals surface area contributed by atoms with Gasteiger partial charge in [0.2, 0.25) is 0 Å². The van der Waals surface area contributed by atoms with Gasteiger partial charge in [0.05, 0.1) is 4.20 Å². The van der Waals surface area contributed by atoms with Gasteiger partial charge in [-0.25, -0.2) is 0 Å². The molecule has 0 radical (unpaired) electrons. The lowest BCUT2D eigenvalue weighted by atomic mass is 10.1. The van der Waals surface area contributed by atoms with Crippen LogP contribution in [0.4, 0.5) is 0 Å². The van der Waals surface area contributed by atoms with Gasteiger partial charge in [-0.05, 0) is 41.0 Å². The van der Waals surface area contributed by atoms with Gasteiger partial charge in [-0.3, -0.25) is 0 Å². The van der Waals surface area contributed by atoms with E-state index in [4.69, 9.17) is 12.2 Å². The summed E-state index contributed by atoms with van der Waals surface area (Å²) in [5, 5.41) is 0. The zero-order valence-electron chi connectivity index (χ0n) is 8.27. The van der Waals surface area contributed by atoms with Crippen LogP contribution < -0.4 is 0 Å². The monoisotopic (exact) mass is 250 g/mol. The Kier molecular flexibility index (Phi) is 3.67. The van der Waals surface area contributed by atoms with Crippen LogP contribution in [0.3, 0.4) is 0 Å². The van der Waals surface area contributed by atoms with Crippen molar-refractivity contribution in [3.8, 4) is 0 Å². The van der Waals surface area contributed by atoms with Crippen LogP contribution in [0.5, 0.6) is 0 Å². The molecule has 0 unspecified atom stereocenters. The van der Waals surface area contributed by atoms with Crippen LogP contribution >= 0.6 is 33.8 Å². The van der Waals surface area contributed by atoms with E-state index in [0.29, 0.717) is 0 Å². The Morgan fingerprint density at radius 3 is 2.47 bits per heavy atom. The summed E-state index contributed by atoms with van der Waals surface area (Å²) in [5.74, 6) is 0. The predicted molar refractivity (Wildman–Crippen MR) is 76.0 cm³/mol. The van der Waals surface area contributed by atoms with Crippen LogP contribution in [-0.4, -0.2) is 4.20 Å². The number of hydrogen-bond donors (Lipinski definition) is 0. The summed E-state index contributed by atoms with van der Waals surface area (Å²) in [6, 6.07) is 10.4. The molecule has 1 aliphatic heterocycles. The molecule has 2 rings (SSSR count). The summed E-state index contributed by atoms with van der Waals surface area (Å²) in [6.07, 6.45) is 4.23. The molecule has 0 amide bonds. The van der Waals surface area contributed by atoms with Gasteiger partial charge in [-0.1, -0.05) is 53.3 Å². The molecule has 0 N–H and O–H groups in total. The molecule has 0 fully saturated rings. The maximum Gasteiger partial charge on any atom is 0.0819 e. The normalized spacial score (nSPS) is 16.7. The summed E-state index contributed by atoms with van der Waals surface area (Å²) < 4.78 is 0.944. The third-order valence-electron chi connectivity index (χ3n) is 1.98. The van der Waals surface area contributed by atoms with Crippen LogP contribution in [0, 0.1) is 0 Å². The third kappa shape index (κ3) is 2.97. The van der Waals surface area contributed by atoms with Crippen molar-refractivity contribution in [2.24, 2.45) is 0 Å². The molecular weight excluding hydrogens is 240 g/mol. The second-order valence-corrected chi connectivity index (χ2v) is 6.16. The zero-order chi connectivity index (χ0) is 10.7. The molecule has 0 aromatic heterocycles. The van der Waals surface area contributed by atoms with Gasteiger partial charge in [0, 0.05) is 4.91 Å². The first-order valence-corrected chi connectivity index (χ1v) is 7.15. The SMILES string of the molecule is CC1=CC(=S)SSC(c2ccccc2)=C1. The second-order valence-electron chi connectivity index (χ2n) is 3.25. The van der Waals surface area contributed by atoms with Crippen molar-refractivity contribution in [3.05, 3.63) is 53.6 Å². The summed E-state index contributed by atoms with van der Waals surface area (Å²) in [7, 11) is 3.38. The first-order valence-electron chi connectivity index (χ1n) is 4.59. The highest BCUT2D eigenvalue weighted by Crippen LogP contribution is 2.41. The molecule has 3 heteroatoms. The zero-order valence-corrected chi connectivity index (χ0v) is 10.7. The Bertz CT molecular complexity index is 429. The molecule has 0 nitrogen and oxygen atoms in total. The molecule has 0 atom stereocenters.